The van der Waals surface area contributed by atoms with Gasteiger partial charge < -0.3 is 4.74 Å². The molecule has 0 aromatic heterocycles. The largest absolute Gasteiger partial charge is 0.374 e. The summed E-state index contributed by atoms with van der Waals surface area (Å²) < 4.78 is 5.72. The van der Waals surface area contributed by atoms with E-state index in [1.165, 1.54) is 11.1 Å². The third kappa shape index (κ3) is 1.11. The van der Waals surface area contributed by atoms with Gasteiger partial charge in [-0.1, -0.05) is 24.3 Å². The number of morpholine rings is 2. The van der Waals surface area contributed by atoms with Crippen molar-refractivity contribution in [1.82, 2.24) is 4.90 Å². The highest BCUT2D eigenvalue weighted by molar-refractivity contribution is 5.32. The summed E-state index contributed by atoms with van der Waals surface area (Å²) in [7, 11) is 0. The second kappa shape index (κ2) is 3.07. The van der Waals surface area contributed by atoms with E-state index < -0.39 is 0 Å². The highest BCUT2D eigenvalue weighted by Gasteiger charge is 2.43. The van der Waals surface area contributed by atoms with Gasteiger partial charge in [-0.15, -0.1) is 0 Å². The van der Waals surface area contributed by atoms with Crippen LogP contribution in [0.15, 0.2) is 24.3 Å². The summed E-state index contributed by atoms with van der Waals surface area (Å²) >= 11 is 0. The van der Waals surface area contributed by atoms with Crippen LogP contribution in [0.5, 0.6) is 0 Å². The molecule has 74 valence electrons. The lowest BCUT2D eigenvalue weighted by Gasteiger charge is -2.52. The van der Waals surface area contributed by atoms with E-state index in [4.69, 9.17) is 4.74 Å². The van der Waals surface area contributed by atoms with E-state index in [9.17, 15) is 0 Å². The number of aryl methyl sites for hydroxylation is 1. The third-order valence-corrected chi connectivity index (χ3v) is 3.38. The van der Waals surface area contributed by atoms with Crippen LogP contribution in [0, 0.1) is 6.92 Å². The number of hydrogen-bond donors (Lipinski definition) is 0. The van der Waals surface area contributed by atoms with Crippen LogP contribution in [-0.2, 0) is 4.74 Å². The van der Waals surface area contributed by atoms with Crippen LogP contribution in [0.25, 0.3) is 0 Å². The first-order chi connectivity index (χ1) is 6.86. The predicted octanol–water partition coefficient (Wildman–Crippen LogP) is 1.75. The van der Waals surface area contributed by atoms with Crippen LogP contribution >= 0.6 is 0 Å². The van der Waals surface area contributed by atoms with Gasteiger partial charge in [0.2, 0.25) is 0 Å². The lowest BCUT2D eigenvalue weighted by Crippen LogP contribution is -2.60. The molecular weight excluding hydrogens is 174 g/mol. The molecule has 0 spiro atoms. The minimum absolute atomic E-state index is 0.449. The zero-order chi connectivity index (χ0) is 9.54. The van der Waals surface area contributed by atoms with E-state index in [0.29, 0.717) is 12.1 Å². The SMILES string of the molecule is Cc1ccccc1C1C2CN1CCO2. The van der Waals surface area contributed by atoms with E-state index in [0.717, 1.165) is 19.7 Å². The summed E-state index contributed by atoms with van der Waals surface area (Å²) in [5, 5.41) is 0. The Bertz CT molecular complexity index is 336. The van der Waals surface area contributed by atoms with Gasteiger partial charge in [0.15, 0.2) is 0 Å². The van der Waals surface area contributed by atoms with Gasteiger partial charge in [-0.3, -0.25) is 4.90 Å². The number of rotatable bonds is 1. The lowest BCUT2D eigenvalue weighted by molar-refractivity contribution is -0.163. The molecule has 3 rings (SSSR count). The molecule has 1 aromatic carbocycles. The van der Waals surface area contributed by atoms with Crippen molar-refractivity contribution in [1.29, 1.82) is 0 Å². The second-order valence-corrected chi connectivity index (χ2v) is 4.21. The lowest BCUT2D eigenvalue weighted by atomic mass is 9.88. The van der Waals surface area contributed by atoms with Gasteiger partial charge in [0.05, 0.1) is 18.8 Å². The van der Waals surface area contributed by atoms with Crippen LogP contribution < -0.4 is 0 Å². The number of nitrogens with zero attached hydrogens (tertiary/aromatic N) is 1. The first kappa shape index (κ1) is 8.45. The Morgan fingerprint density at radius 3 is 2.86 bits per heavy atom. The maximum absolute atomic E-state index is 5.72. The average molecular weight is 189 g/mol. The topological polar surface area (TPSA) is 12.5 Å². The summed E-state index contributed by atoms with van der Waals surface area (Å²) in [5.74, 6) is 0. The molecule has 2 heterocycles. The summed E-state index contributed by atoms with van der Waals surface area (Å²) in [6.45, 7) is 5.31. The fourth-order valence-electron chi connectivity index (χ4n) is 2.55. The molecule has 0 N–H and O–H groups in total. The summed E-state index contributed by atoms with van der Waals surface area (Å²) in [6.07, 6.45) is 0.449. The molecular formula is C12H15NO. The molecule has 3 atom stereocenters. The monoisotopic (exact) mass is 189 g/mol. The van der Waals surface area contributed by atoms with Crippen molar-refractivity contribution in [3.63, 3.8) is 0 Å². The van der Waals surface area contributed by atoms with Crippen LogP contribution in [0.1, 0.15) is 17.2 Å². The molecule has 0 aliphatic carbocycles. The molecule has 0 radical (unpaired) electrons. The van der Waals surface area contributed by atoms with Crippen molar-refractivity contribution < 1.29 is 4.74 Å². The van der Waals surface area contributed by atoms with E-state index in [1.807, 2.05) is 0 Å². The molecule has 2 aliphatic heterocycles. The third-order valence-electron chi connectivity index (χ3n) is 3.38. The van der Waals surface area contributed by atoms with Crippen molar-refractivity contribution in [3.05, 3.63) is 35.4 Å². The van der Waals surface area contributed by atoms with Gasteiger partial charge in [-0.25, -0.2) is 0 Å². The molecule has 2 bridgehead atoms. The molecule has 2 nitrogen and oxygen atoms in total. The normalized spacial score (nSPS) is 35.1. The minimum Gasteiger partial charge on any atom is -0.374 e. The van der Waals surface area contributed by atoms with E-state index in [1.54, 1.807) is 0 Å². The van der Waals surface area contributed by atoms with Crippen molar-refractivity contribution in [2.24, 2.45) is 0 Å². The highest BCUT2D eigenvalue weighted by atomic mass is 16.5. The second-order valence-electron chi connectivity index (χ2n) is 4.21. The summed E-state index contributed by atoms with van der Waals surface area (Å²) in [4.78, 5) is 2.51. The Morgan fingerprint density at radius 1 is 1.36 bits per heavy atom. The van der Waals surface area contributed by atoms with E-state index in [2.05, 4.69) is 36.1 Å². The van der Waals surface area contributed by atoms with Gasteiger partial charge in [0.25, 0.3) is 0 Å². The zero-order valence-corrected chi connectivity index (χ0v) is 8.44. The van der Waals surface area contributed by atoms with Crippen LogP contribution in [0.2, 0.25) is 0 Å². The summed E-state index contributed by atoms with van der Waals surface area (Å²) in [5.41, 5.74) is 2.83. The number of fused-ring (bicyclic) bond motifs is 2. The van der Waals surface area contributed by atoms with E-state index in [-0.39, 0.29) is 0 Å². The molecule has 2 aliphatic rings. The standard InChI is InChI=1S/C12H15NO/c1-9-4-2-3-5-10(9)12-11-8-13(12)6-7-14-11/h2-5,11-12H,6-8H2,1H3. The fourth-order valence-corrected chi connectivity index (χ4v) is 2.55. The summed E-state index contributed by atoms with van der Waals surface area (Å²) in [6, 6.07) is 9.17. The van der Waals surface area contributed by atoms with Gasteiger partial charge in [0, 0.05) is 13.1 Å². The molecule has 3 unspecified atom stereocenters. The highest BCUT2D eigenvalue weighted by Crippen LogP contribution is 2.39. The molecule has 14 heavy (non-hydrogen) atoms. The van der Waals surface area contributed by atoms with E-state index >= 15 is 0 Å². The maximum atomic E-state index is 5.72. The van der Waals surface area contributed by atoms with Gasteiger partial charge in [-0.2, -0.15) is 0 Å². The Kier molecular flexibility index (Phi) is 1.85. The van der Waals surface area contributed by atoms with Crippen molar-refractivity contribution in [2.75, 3.05) is 19.7 Å². The maximum Gasteiger partial charge on any atom is 0.0899 e. The molecule has 2 saturated heterocycles. The number of ether oxygens (including phenoxy) is 1. The van der Waals surface area contributed by atoms with Gasteiger partial charge in [0.1, 0.15) is 0 Å². The predicted molar refractivity (Wildman–Crippen MR) is 55.2 cm³/mol. The minimum atomic E-state index is 0.449. The Hall–Kier alpha value is -0.860. The number of benzene rings is 1. The molecule has 2 fully saturated rings. The Balaban J connectivity index is 1.93. The van der Waals surface area contributed by atoms with Crippen LogP contribution in [0.3, 0.4) is 0 Å². The molecule has 1 aromatic rings. The average Bonchev–Trinajstić information content (AvgIpc) is 2.22. The van der Waals surface area contributed by atoms with Crippen molar-refractivity contribution in [3.8, 4) is 0 Å². The van der Waals surface area contributed by atoms with Crippen molar-refractivity contribution in [2.45, 2.75) is 19.1 Å². The van der Waals surface area contributed by atoms with Gasteiger partial charge in [-0.05, 0) is 18.1 Å². The first-order valence-electron chi connectivity index (χ1n) is 5.27. The molecule has 2 heteroatoms. The van der Waals surface area contributed by atoms with Crippen LogP contribution in [0.4, 0.5) is 0 Å². The zero-order valence-electron chi connectivity index (χ0n) is 8.44. The smallest absolute Gasteiger partial charge is 0.0899 e. The van der Waals surface area contributed by atoms with Gasteiger partial charge >= 0.3 is 0 Å². The Labute approximate surface area is 84.5 Å². The first-order valence-corrected chi connectivity index (χ1v) is 5.27. The number of hydrogen-bond acceptors (Lipinski definition) is 2. The molecule has 0 amide bonds. The molecule has 0 saturated carbocycles. The quantitative estimate of drug-likeness (QED) is 0.667. The fraction of sp³-hybridized carbons (Fsp3) is 0.500. The Morgan fingerprint density at radius 2 is 2.21 bits per heavy atom. The van der Waals surface area contributed by atoms with Crippen molar-refractivity contribution >= 4 is 0 Å². The van der Waals surface area contributed by atoms with Crippen LogP contribution in [-0.4, -0.2) is 30.7 Å².